The van der Waals surface area contributed by atoms with Crippen molar-refractivity contribution in [2.24, 2.45) is 0 Å². The van der Waals surface area contributed by atoms with Crippen molar-refractivity contribution >= 4 is 0 Å². The fourth-order valence-corrected chi connectivity index (χ4v) is 3.04. The number of aromatic nitrogens is 3. The number of imidazole rings is 1. The van der Waals surface area contributed by atoms with Gasteiger partial charge in [-0.15, -0.1) is 0 Å². The van der Waals surface area contributed by atoms with E-state index in [1.165, 1.54) is 5.56 Å². The normalized spacial score (nSPS) is 10.8. The Hall–Kier alpha value is -3.40. The van der Waals surface area contributed by atoms with E-state index < -0.39 is 0 Å². The second-order valence-electron chi connectivity index (χ2n) is 7.10. The number of ether oxygens (including phenoxy) is 1. The SMILES string of the molecule is Cc1ccc(-c2nc(-c3ccc(OCc4ccc(C)cn4)c(C)c3)c[nH]2)cc1. The zero-order valence-electron chi connectivity index (χ0n) is 16.4. The molecule has 4 aromatic rings. The van der Waals surface area contributed by atoms with Gasteiger partial charge in [-0.25, -0.2) is 4.98 Å². The number of rotatable bonds is 5. The molecule has 2 aromatic carbocycles. The maximum atomic E-state index is 5.95. The summed E-state index contributed by atoms with van der Waals surface area (Å²) in [6, 6.07) is 18.5. The summed E-state index contributed by atoms with van der Waals surface area (Å²) >= 11 is 0. The average Bonchev–Trinajstić information content (AvgIpc) is 3.19. The van der Waals surface area contributed by atoms with Gasteiger partial charge >= 0.3 is 0 Å². The Balaban J connectivity index is 1.50. The third kappa shape index (κ3) is 3.96. The van der Waals surface area contributed by atoms with Gasteiger partial charge in [0.25, 0.3) is 0 Å². The summed E-state index contributed by atoms with van der Waals surface area (Å²) in [5, 5.41) is 0. The molecule has 0 saturated heterocycles. The predicted octanol–water partition coefficient (Wildman–Crippen LogP) is 5.64. The molecule has 4 nitrogen and oxygen atoms in total. The minimum absolute atomic E-state index is 0.459. The van der Waals surface area contributed by atoms with Crippen LogP contribution in [0.15, 0.2) is 67.0 Å². The van der Waals surface area contributed by atoms with E-state index in [1.807, 2.05) is 43.6 Å². The molecule has 0 saturated carbocycles. The number of nitrogens with zero attached hydrogens (tertiary/aromatic N) is 2. The van der Waals surface area contributed by atoms with Crippen LogP contribution >= 0.6 is 0 Å². The van der Waals surface area contributed by atoms with Gasteiger partial charge in [-0.1, -0.05) is 35.9 Å². The van der Waals surface area contributed by atoms with Crippen molar-refractivity contribution in [3.05, 3.63) is 89.4 Å². The molecule has 0 aliphatic rings. The molecule has 0 amide bonds. The molecule has 0 radical (unpaired) electrons. The number of benzene rings is 2. The van der Waals surface area contributed by atoms with Crippen LogP contribution in [0.1, 0.15) is 22.4 Å². The quantitative estimate of drug-likeness (QED) is 0.495. The van der Waals surface area contributed by atoms with E-state index in [2.05, 4.69) is 54.1 Å². The Bertz CT molecular complexity index is 1080. The van der Waals surface area contributed by atoms with Crippen LogP contribution in [0.25, 0.3) is 22.6 Å². The highest BCUT2D eigenvalue weighted by atomic mass is 16.5. The van der Waals surface area contributed by atoms with Gasteiger partial charge in [-0.2, -0.15) is 0 Å². The minimum Gasteiger partial charge on any atom is -0.487 e. The standard InChI is InChI=1S/C24H23N3O/c1-16-4-7-19(8-5-16)24-26-14-22(27-24)20-9-11-23(18(3)12-20)28-15-21-10-6-17(2)13-25-21/h4-14H,15H2,1-3H3,(H,26,27). The van der Waals surface area contributed by atoms with E-state index in [9.17, 15) is 0 Å². The summed E-state index contributed by atoms with van der Waals surface area (Å²) in [5.74, 6) is 1.74. The number of H-pyrrole nitrogens is 1. The molecule has 0 spiro atoms. The molecule has 2 heterocycles. The molecule has 0 atom stereocenters. The first kappa shape index (κ1) is 18.0. The van der Waals surface area contributed by atoms with Crippen LogP contribution in [0.5, 0.6) is 5.75 Å². The monoisotopic (exact) mass is 369 g/mol. The van der Waals surface area contributed by atoms with Crippen LogP contribution in [-0.4, -0.2) is 15.0 Å². The van der Waals surface area contributed by atoms with Crippen molar-refractivity contribution in [3.8, 4) is 28.4 Å². The fraction of sp³-hybridized carbons (Fsp3) is 0.167. The molecule has 1 N–H and O–H groups in total. The lowest BCUT2D eigenvalue weighted by atomic mass is 10.1. The van der Waals surface area contributed by atoms with Crippen molar-refractivity contribution in [3.63, 3.8) is 0 Å². The van der Waals surface area contributed by atoms with Gasteiger partial charge in [0.15, 0.2) is 0 Å². The lowest BCUT2D eigenvalue weighted by Gasteiger charge is -2.10. The summed E-state index contributed by atoms with van der Waals surface area (Å²) in [7, 11) is 0. The highest BCUT2D eigenvalue weighted by Crippen LogP contribution is 2.27. The van der Waals surface area contributed by atoms with Gasteiger partial charge in [0.1, 0.15) is 18.2 Å². The maximum Gasteiger partial charge on any atom is 0.138 e. The lowest BCUT2D eigenvalue weighted by molar-refractivity contribution is 0.299. The maximum absolute atomic E-state index is 5.95. The zero-order valence-corrected chi connectivity index (χ0v) is 16.4. The number of aromatic amines is 1. The van der Waals surface area contributed by atoms with Gasteiger partial charge in [0.05, 0.1) is 11.4 Å². The van der Waals surface area contributed by atoms with Crippen LogP contribution in [0.3, 0.4) is 0 Å². The Kier molecular flexibility index (Phi) is 4.94. The number of pyridine rings is 1. The van der Waals surface area contributed by atoms with E-state index in [1.54, 1.807) is 0 Å². The molecule has 4 rings (SSSR count). The molecule has 4 heteroatoms. The van der Waals surface area contributed by atoms with Gasteiger partial charge < -0.3 is 9.72 Å². The largest absolute Gasteiger partial charge is 0.487 e. The van der Waals surface area contributed by atoms with Crippen molar-refractivity contribution in [1.29, 1.82) is 0 Å². The molecule has 0 aliphatic carbocycles. The molecule has 28 heavy (non-hydrogen) atoms. The Labute approximate surface area is 165 Å². The second kappa shape index (κ2) is 7.69. The third-order valence-electron chi connectivity index (χ3n) is 4.72. The minimum atomic E-state index is 0.459. The third-order valence-corrected chi connectivity index (χ3v) is 4.72. The van der Waals surface area contributed by atoms with Crippen LogP contribution in [0, 0.1) is 20.8 Å². The van der Waals surface area contributed by atoms with Crippen molar-refractivity contribution in [2.45, 2.75) is 27.4 Å². The van der Waals surface area contributed by atoms with Crippen LogP contribution in [0.4, 0.5) is 0 Å². The van der Waals surface area contributed by atoms with E-state index in [-0.39, 0.29) is 0 Å². The van der Waals surface area contributed by atoms with Gasteiger partial charge in [-0.05, 0) is 56.2 Å². The fourth-order valence-electron chi connectivity index (χ4n) is 3.04. The van der Waals surface area contributed by atoms with Crippen molar-refractivity contribution in [1.82, 2.24) is 15.0 Å². The van der Waals surface area contributed by atoms with Crippen LogP contribution in [0.2, 0.25) is 0 Å². The zero-order chi connectivity index (χ0) is 19.5. The summed E-state index contributed by atoms with van der Waals surface area (Å²) in [4.78, 5) is 12.4. The van der Waals surface area contributed by atoms with Crippen LogP contribution < -0.4 is 4.74 Å². The van der Waals surface area contributed by atoms with E-state index in [0.717, 1.165) is 45.2 Å². The summed E-state index contributed by atoms with van der Waals surface area (Å²) < 4.78 is 5.95. The first-order chi connectivity index (χ1) is 13.6. The van der Waals surface area contributed by atoms with Gasteiger partial charge in [0, 0.05) is 23.5 Å². The first-order valence-corrected chi connectivity index (χ1v) is 9.36. The number of hydrogen-bond donors (Lipinski definition) is 1. The highest BCUT2D eigenvalue weighted by molar-refractivity contribution is 5.66. The van der Waals surface area contributed by atoms with Gasteiger partial charge in [0.2, 0.25) is 0 Å². The molecule has 140 valence electrons. The number of nitrogens with one attached hydrogen (secondary N) is 1. The molecule has 0 fully saturated rings. The molecule has 2 aromatic heterocycles. The van der Waals surface area contributed by atoms with Crippen LogP contribution in [-0.2, 0) is 6.61 Å². The Morgan fingerprint density at radius 2 is 1.61 bits per heavy atom. The van der Waals surface area contributed by atoms with Gasteiger partial charge in [-0.3, -0.25) is 4.98 Å². The van der Waals surface area contributed by atoms with Crippen molar-refractivity contribution in [2.75, 3.05) is 0 Å². The molecule has 0 aliphatic heterocycles. The summed E-state index contributed by atoms with van der Waals surface area (Å²) in [6.07, 6.45) is 3.80. The Morgan fingerprint density at radius 3 is 2.32 bits per heavy atom. The molecule has 0 unspecified atom stereocenters. The summed E-state index contributed by atoms with van der Waals surface area (Å²) in [5.41, 5.74) is 7.45. The topological polar surface area (TPSA) is 50.8 Å². The molecule has 0 bridgehead atoms. The first-order valence-electron chi connectivity index (χ1n) is 9.36. The molecular formula is C24H23N3O. The van der Waals surface area contributed by atoms with E-state index in [0.29, 0.717) is 6.61 Å². The lowest BCUT2D eigenvalue weighted by Crippen LogP contribution is -1.99. The van der Waals surface area contributed by atoms with Crippen molar-refractivity contribution < 1.29 is 4.74 Å². The number of aryl methyl sites for hydroxylation is 3. The van der Waals surface area contributed by atoms with E-state index >= 15 is 0 Å². The average molecular weight is 369 g/mol. The smallest absolute Gasteiger partial charge is 0.138 e. The van der Waals surface area contributed by atoms with E-state index in [4.69, 9.17) is 9.72 Å². The Morgan fingerprint density at radius 1 is 0.857 bits per heavy atom. The number of hydrogen-bond acceptors (Lipinski definition) is 3. The second-order valence-corrected chi connectivity index (χ2v) is 7.10. The molecular weight excluding hydrogens is 346 g/mol. The predicted molar refractivity (Wildman–Crippen MR) is 112 cm³/mol. The highest BCUT2D eigenvalue weighted by Gasteiger charge is 2.09. The summed E-state index contributed by atoms with van der Waals surface area (Å²) in [6.45, 7) is 6.62.